The summed E-state index contributed by atoms with van der Waals surface area (Å²) in [5.41, 5.74) is 9.49. The molecule has 126 valence electrons. The highest BCUT2D eigenvalue weighted by Gasteiger charge is 2.32. The fraction of sp³-hybridized carbons (Fsp3) is 0.278. The minimum absolute atomic E-state index is 0.173. The molecule has 2 aromatic rings. The minimum atomic E-state index is -0.250. The monoisotopic (exact) mass is 406 g/mol. The molecule has 1 aliphatic rings. The van der Waals surface area contributed by atoms with Crippen molar-refractivity contribution in [3.63, 3.8) is 0 Å². The van der Waals surface area contributed by atoms with Crippen LogP contribution >= 0.6 is 27.5 Å². The van der Waals surface area contributed by atoms with Gasteiger partial charge in [0.15, 0.2) is 0 Å². The molecule has 0 saturated carbocycles. The first-order chi connectivity index (χ1) is 11.4. The van der Waals surface area contributed by atoms with Gasteiger partial charge in [-0.2, -0.15) is 0 Å². The molecule has 0 amide bonds. The number of nitrogens with zero attached hydrogens (tertiary/aromatic N) is 2. The molecule has 0 spiro atoms. The second kappa shape index (κ2) is 6.75. The van der Waals surface area contributed by atoms with Crippen LogP contribution in [0.25, 0.3) is 0 Å². The van der Waals surface area contributed by atoms with Crippen molar-refractivity contribution < 1.29 is 0 Å². The molecule has 0 aliphatic carbocycles. The fourth-order valence-corrected chi connectivity index (χ4v) is 3.57. The lowest BCUT2D eigenvalue weighted by molar-refractivity contribution is 0.480. The number of fused-ring (bicyclic) bond motifs is 1. The molecule has 0 aromatic heterocycles. The van der Waals surface area contributed by atoms with Gasteiger partial charge >= 0.3 is 0 Å². The highest BCUT2D eigenvalue weighted by molar-refractivity contribution is 9.10. The van der Waals surface area contributed by atoms with Gasteiger partial charge in [0.05, 0.1) is 23.4 Å². The van der Waals surface area contributed by atoms with Crippen LogP contribution < -0.4 is 15.5 Å². The van der Waals surface area contributed by atoms with Crippen LogP contribution in [0.2, 0.25) is 5.02 Å². The van der Waals surface area contributed by atoms with E-state index in [1.165, 1.54) is 0 Å². The summed E-state index contributed by atoms with van der Waals surface area (Å²) in [4.78, 5) is 4.15. The maximum Gasteiger partial charge on any atom is 0.0984 e. The van der Waals surface area contributed by atoms with Gasteiger partial charge in [-0.1, -0.05) is 34.5 Å². The van der Waals surface area contributed by atoms with E-state index in [1.54, 1.807) is 6.92 Å². The number of anilines is 3. The van der Waals surface area contributed by atoms with Gasteiger partial charge in [0.1, 0.15) is 0 Å². The summed E-state index contributed by atoms with van der Waals surface area (Å²) in [5, 5.41) is 8.90. The third-order valence-electron chi connectivity index (χ3n) is 4.34. The van der Waals surface area contributed by atoms with Gasteiger partial charge < -0.3 is 15.5 Å². The third kappa shape index (κ3) is 3.16. The van der Waals surface area contributed by atoms with Gasteiger partial charge in [-0.05, 0) is 49.4 Å². The van der Waals surface area contributed by atoms with Gasteiger partial charge in [-0.15, -0.1) is 0 Å². The Bertz CT molecular complexity index is 762. The Kier molecular flexibility index (Phi) is 4.85. The quantitative estimate of drug-likeness (QED) is 0.518. The molecule has 1 unspecified atom stereocenters. The van der Waals surface area contributed by atoms with E-state index >= 15 is 0 Å². The van der Waals surface area contributed by atoms with Crippen molar-refractivity contribution in [2.75, 3.05) is 16.3 Å². The molecule has 0 fully saturated rings. The van der Waals surface area contributed by atoms with Gasteiger partial charge in [-0.3, -0.25) is 5.41 Å². The molecule has 4 nitrogen and oxygen atoms in total. The molecule has 2 atom stereocenters. The number of hydrogen-bond acceptors (Lipinski definition) is 3. The van der Waals surface area contributed by atoms with Crippen molar-refractivity contribution in [2.45, 2.75) is 20.0 Å². The molecule has 1 heterocycles. The molecule has 3 N–H and O–H groups in total. The Labute approximate surface area is 155 Å². The minimum Gasteiger partial charge on any atom is -0.339 e. The van der Waals surface area contributed by atoms with E-state index in [9.17, 15) is 0 Å². The van der Waals surface area contributed by atoms with Crippen molar-refractivity contribution in [3.8, 4) is 0 Å². The van der Waals surface area contributed by atoms with E-state index in [4.69, 9.17) is 22.7 Å². The second-order valence-corrected chi connectivity index (χ2v) is 7.50. The highest BCUT2D eigenvalue weighted by Crippen LogP contribution is 2.41. The van der Waals surface area contributed by atoms with Gasteiger partial charge in [0, 0.05) is 27.6 Å². The zero-order valence-electron chi connectivity index (χ0n) is 13.6. The maximum atomic E-state index is 8.19. The Morgan fingerprint density at radius 1 is 1.21 bits per heavy atom. The van der Waals surface area contributed by atoms with Crippen LogP contribution in [0.5, 0.6) is 0 Å². The summed E-state index contributed by atoms with van der Waals surface area (Å²) in [6.07, 6.45) is -0.250. The Morgan fingerprint density at radius 2 is 1.88 bits per heavy atom. The first-order valence-electron chi connectivity index (χ1n) is 7.81. The molecule has 24 heavy (non-hydrogen) atoms. The summed E-state index contributed by atoms with van der Waals surface area (Å²) >= 11 is 9.61. The first kappa shape index (κ1) is 17.3. The predicted molar refractivity (Wildman–Crippen MR) is 106 cm³/mol. The van der Waals surface area contributed by atoms with Crippen LogP contribution in [0, 0.1) is 11.3 Å². The number of amidine groups is 1. The average Bonchev–Trinajstić information content (AvgIpc) is 2.64. The number of benzene rings is 2. The van der Waals surface area contributed by atoms with Crippen LogP contribution in [0.1, 0.15) is 13.8 Å². The van der Waals surface area contributed by atoms with Crippen molar-refractivity contribution in [2.24, 2.45) is 11.7 Å². The Hall–Kier alpha value is -1.56. The number of nitrogens with two attached hydrogens (primary N) is 1. The third-order valence-corrected chi connectivity index (χ3v) is 5.08. The smallest absolute Gasteiger partial charge is 0.0984 e. The lowest BCUT2D eigenvalue weighted by Gasteiger charge is -2.31. The van der Waals surface area contributed by atoms with Crippen molar-refractivity contribution in [1.29, 1.82) is 5.41 Å². The second-order valence-electron chi connectivity index (χ2n) is 6.14. The van der Waals surface area contributed by atoms with Crippen LogP contribution in [0.3, 0.4) is 0 Å². The zero-order chi connectivity index (χ0) is 17.4. The summed E-state index contributed by atoms with van der Waals surface area (Å²) in [6, 6.07) is 13.9. The summed E-state index contributed by atoms with van der Waals surface area (Å²) in [6.45, 7) is 4.65. The zero-order valence-corrected chi connectivity index (χ0v) is 16.0. The van der Waals surface area contributed by atoms with Crippen LogP contribution in [0.15, 0.2) is 46.9 Å². The molecule has 0 saturated heterocycles. The fourth-order valence-electron chi connectivity index (χ4n) is 3.10. The standard InChI is InChI=1S/C18H20BrClN4/c1-11-10-23(15-6-4-14(20)5-7-15)17-9-13(19)3-8-16(17)24(12(2)21)18(11)22/h3-9,11,18,21H,10,22H2,1-2H3/t11-,18?/m0/s1. The van der Waals surface area contributed by atoms with Crippen molar-refractivity contribution in [3.05, 3.63) is 52.0 Å². The molecule has 0 radical (unpaired) electrons. The molecule has 2 aromatic carbocycles. The lowest BCUT2D eigenvalue weighted by Crippen LogP contribution is -2.49. The number of rotatable bonds is 1. The molecule has 1 aliphatic heterocycles. The Balaban J connectivity index is 2.19. The molecule has 0 bridgehead atoms. The van der Waals surface area contributed by atoms with Crippen molar-refractivity contribution >= 4 is 50.4 Å². The van der Waals surface area contributed by atoms with Crippen molar-refractivity contribution in [1.82, 2.24) is 0 Å². The Morgan fingerprint density at radius 3 is 2.50 bits per heavy atom. The molecule has 3 rings (SSSR count). The SMILES string of the molecule is CC(=N)N1c2ccc(Br)cc2N(c2ccc(Cl)cc2)C[C@H](C)C1N. The van der Waals surface area contributed by atoms with Crippen LogP contribution in [-0.4, -0.2) is 18.5 Å². The summed E-state index contributed by atoms with van der Waals surface area (Å²) in [5.74, 6) is 0.614. The van der Waals surface area contributed by atoms with E-state index in [0.717, 1.165) is 28.1 Å². The lowest BCUT2D eigenvalue weighted by atomic mass is 10.1. The van der Waals surface area contributed by atoms with E-state index in [1.807, 2.05) is 41.3 Å². The largest absolute Gasteiger partial charge is 0.339 e. The predicted octanol–water partition coefficient (Wildman–Crippen LogP) is 4.98. The number of halogens is 2. The van der Waals surface area contributed by atoms with E-state index in [-0.39, 0.29) is 12.1 Å². The first-order valence-corrected chi connectivity index (χ1v) is 8.98. The topological polar surface area (TPSA) is 56.4 Å². The normalized spacial score (nSPS) is 20.5. The number of hydrogen-bond donors (Lipinski definition) is 2. The van der Waals surface area contributed by atoms with Crippen LogP contribution in [0.4, 0.5) is 17.1 Å². The van der Waals surface area contributed by atoms with E-state index < -0.39 is 0 Å². The summed E-state index contributed by atoms with van der Waals surface area (Å²) < 4.78 is 0.992. The molecule has 6 heteroatoms. The molecular formula is C18H20BrClN4. The number of nitrogens with one attached hydrogen (secondary N) is 1. The maximum absolute atomic E-state index is 8.19. The van der Waals surface area contributed by atoms with Crippen LogP contribution in [-0.2, 0) is 0 Å². The van der Waals surface area contributed by atoms with E-state index in [2.05, 4.69) is 33.8 Å². The van der Waals surface area contributed by atoms with Gasteiger partial charge in [0.2, 0.25) is 0 Å². The van der Waals surface area contributed by atoms with Gasteiger partial charge in [-0.25, -0.2) is 0 Å². The molecular weight excluding hydrogens is 388 g/mol. The average molecular weight is 408 g/mol. The van der Waals surface area contributed by atoms with E-state index in [0.29, 0.717) is 10.9 Å². The van der Waals surface area contributed by atoms with Gasteiger partial charge in [0.25, 0.3) is 0 Å². The highest BCUT2D eigenvalue weighted by atomic mass is 79.9. The summed E-state index contributed by atoms with van der Waals surface area (Å²) in [7, 11) is 0.